The van der Waals surface area contributed by atoms with Gasteiger partial charge >= 0.3 is 0 Å². The first-order valence-corrected chi connectivity index (χ1v) is 5.87. The lowest BCUT2D eigenvalue weighted by atomic mass is 10.2. The van der Waals surface area contributed by atoms with Crippen molar-refractivity contribution in [2.45, 2.75) is 0 Å². The molecule has 94 valence electrons. The van der Waals surface area contributed by atoms with Crippen LogP contribution in [0.15, 0.2) is 53.5 Å². The van der Waals surface area contributed by atoms with Crippen LogP contribution in [0.2, 0.25) is 0 Å². The van der Waals surface area contributed by atoms with Crippen LogP contribution in [0.1, 0.15) is 0 Å². The Bertz CT molecular complexity index is 755. The number of rotatable bonds is 2. The quantitative estimate of drug-likeness (QED) is 0.601. The second kappa shape index (κ2) is 4.53. The van der Waals surface area contributed by atoms with Gasteiger partial charge in [-0.15, -0.1) is 0 Å². The summed E-state index contributed by atoms with van der Waals surface area (Å²) in [5.41, 5.74) is 0.652. The Kier molecular flexibility index (Phi) is 2.72. The van der Waals surface area contributed by atoms with Crippen molar-refractivity contribution in [1.29, 1.82) is 0 Å². The van der Waals surface area contributed by atoms with Crippen LogP contribution in [0.3, 0.4) is 0 Å². The van der Waals surface area contributed by atoms with Crippen LogP contribution < -0.4 is 15.5 Å². The van der Waals surface area contributed by atoms with Crippen molar-refractivity contribution >= 4 is 17.6 Å². The van der Waals surface area contributed by atoms with Crippen molar-refractivity contribution in [3.63, 3.8) is 0 Å². The minimum atomic E-state index is -0.371. The number of fused-ring (bicyclic) bond motifs is 1. The number of hydrogen-bond donors (Lipinski definition) is 0. The summed E-state index contributed by atoms with van der Waals surface area (Å²) in [4.78, 5) is 16.9. The molecule has 0 aromatic heterocycles. The van der Waals surface area contributed by atoms with E-state index < -0.39 is 0 Å². The Balaban J connectivity index is 2.11. The molecule has 0 unspecified atom stereocenters. The van der Waals surface area contributed by atoms with Crippen molar-refractivity contribution in [2.75, 3.05) is 11.6 Å². The van der Waals surface area contributed by atoms with Crippen LogP contribution in [0.5, 0.6) is 0 Å². The SMILES string of the molecule is O=[N+]([O-])c1ccccc1N1C=c2ccccc2=NC1. The average Bonchev–Trinajstić information content (AvgIpc) is 2.46. The topological polar surface area (TPSA) is 58.7 Å². The van der Waals surface area contributed by atoms with Crippen LogP contribution in [0.25, 0.3) is 6.20 Å². The van der Waals surface area contributed by atoms with E-state index in [2.05, 4.69) is 4.99 Å². The van der Waals surface area contributed by atoms with Crippen LogP contribution >= 0.6 is 0 Å². The van der Waals surface area contributed by atoms with Gasteiger partial charge < -0.3 is 4.90 Å². The number of nitro benzene ring substituents is 1. The lowest BCUT2D eigenvalue weighted by Gasteiger charge is -2.20. The van der Waals surface area contributed by atoms with Crippen molar-refractivity contribution in [3.8, 4) is 0 Å². The molecule has 2 aromatic carbocycles. The first-order valence-electron chi connectivity index (χ1n) is 5.87. The maximum Gasteiger partial charge on any atom is 0.292 e. The predicted molar refractivity (Wildman–Crippen MR) is 72.1 cm³/mol. The predicted octanol–water partition coefficient (Wildman–Crippen LogP) is 1.43. The lowest BCUT2D eigenvalue weighted by Crippen LogP contribution is -2.35. The largest absolute Gasteiger partial charge is 0.322 e. The summed E-state index contributed by atoms with van der Waals surface area (Å²) in [6.45, 7) is 0.391. The van der Waals surface area contributed by atoms with Crippen molar-refractivity contribution in [1.82, 2.24) is 0 Å². The smallest absolute Gasteiger partial charge is 0.292 e. The Labute approximate surface area is 109 Å². The Morgan fingerprint density at radius 1 is 1.11 bits per heavy atom. The van der Waals surface area contributed by atoms with Crippen LogP contribution in [0, 0.1) is 10.1 Å². The monoisotopic (exact) mass is 253 g/mol. The molecule has 1 heterocycles. The zero-order valence-electron chi connectivity index (χ0n) is 10.1. The van der Waals surface area contributed by atoms with Crippen molar-refractivity contribution in [3.05, 3.63) is 69.2 Å². The van der Waals surface area contributed by atoms with E-state index in [0.717, 1.165) is 10.6 Å². The summed E-state index contributed by atoms with van der Waals surface area (Å²) >= 11 is 0. The molecule has 0 spiro atoms. The van der Waals surface area contributed by atoms with Gasteiger partial charge in [0, 0.05) is 17.5 Å². The van der Waals surface area contributed by atoms with E-state index in [4.69, 9.17) is 0 Å². The third kappa shape index (κ3) is 2.06. The molecule has 1 aliphatic rings. The highest BCUT2D eigenvalue weighted by Crippen LogP contribution is 2.27. The van der Waals surface area contributed by atoms with Gasteiger partial charge in [0.05, 0.1) is 10.3 Å². The Morgan fingerprint density at radius 2 is 1.84 bits per heavy atom. The number of nitro groups is 1. The fourth-order valence-corrected chi connectivity index (χ4v) is 2.11. The Morgan fingerprint density at radius 3 is 2.68 bits per heavy atom. The molecule has 0 saturated carbocycles. The lowest BCUT2D eigenvalue weighted by molar-refractivity contribution is -0.384. The van der Waals surface area contributed by atoms with Crippen LogP contribution in [-0.2, 0) is 0 Å². The molecule has 5 nitrogen and oxygen atoms in total. The normalized spacial score (nSPS) is 13.2. The zero-order chi connectivity index (χ0) is 13.2. The second-order valence-corrected chi connectivity index (χ2v) is 4.20. The molecule has 0 aliphatic carbocycles. The standard InChI is InChI=1S/C14H11N3O2/c18-17(19)14-8-4-3-7-13(14)16-9-11-5-1-2-6-12(11)15-10-16/h1-9H,10H2. The minimum absolute atomic E-state index is 0.0910. The summed E-state index contributed by atoms with van der Waals surface area (Å²) in [6, 6.07) is 14.4. The van der Waals surface area contributed by atoms with Gasteiger partial charge in [0.25, 0.3) is 5.69 Å². The van der Waals surface area contributed by atoms with Gasteiger partial charge in [0.2, 0.25) is 0 Å². The highest BCUT2D eigenvalue weighted by Gasteiger charge is 2.17. The molecule has 0 N–H and O–H groups in total. The van der Waals surface area contributed by atoms with E-state index in [1.54, 1.807) is 23.1 Å². The van der Waals surface area contributed by atoms with Gasteiger partial charge in [-0.05, 0) is 12.1 Å². The van der Waals surface area contributed by atoms with Crippen molar-refractivity contribution in [2.24, 2.45) is 4.99 Å². The average molecular weight is 253 g/mol. The number of hydrogen-bond acceptors (Lipinski definition) is 4. The highest BCUT2D eigenvalue weighted by molar-refractivity contribution is 5.69. The summed E-state index contributed by atoms with van der Waals surface area (Å²) in [7, 11) is 0. The van der Waals surface area contributed by atoms with E-state index in [1.165, 1.54) is 6.07 Å². The number of anilines is 1. The molecule has 5 heteroatoms. The van der Waals surface area contributed by atoms with E-state index in [9.17, 15) is 10.1 Å². The molecule has 0 saturated heterocycles. The highest BCUT2D eigenvalue weighted by atomic mass is 16.6. The summed E-state index contributed by atoms with van der Waals surface area (Å²) in [5, 5.41) is 12.9. The third-order valence-corrected chi connectivity index (χ3v) is 3.01. The number of para-hydroxylation sites is 3. The maximum absolute atomic E-state index is 11.0. The van der Waals surface area contributed by atoms with Crippen molar-refractivity contribution < 1.29 is 4.92 Å². The molecular weight excluding hydrogens is 242 g/mol. The summed E-state index contributed by atoms with van der Waals surface area (Å²) in [5.74, 6) is 0. The zero-order valence-corrected chi connectivity index (χ0v) is 10.1. The first kappa shape index (κ1) is 11.4. The van der Waals surface area contributed by atoms with Gasteiger partial charge in [0.1, 0.15) is 12.4 Å². The minimum Gasteiger partial charge on any atom is -0.322 e. The van der Waals surface area contributed by atoms with Gasteiger partial charge in [0.15, 0.2) is 0 Å². The molecule has 0 bridgehead atoms. The molecule has 0 radical (unpaired) electrons. The molecule has 19 heavy (non-hydrogen) atoms. The van der Waals surface area contributed by atoms with Crippen LogP contribution in [0.4, 0.5) is 11.4 Å². The van der Waals surface area contributed by atoms with Crippen LogP contribution in [-0.4, -0.2) is 11.6 Å². The van der Waals surface area contributed by atoms with Gasteiger partial charge in [-0.1, -0.05) is 30.3 Å². The number of nitrogens with zero attached hydrogens (tertiary/aromatic N) is 3. The first-order chi connectivity index (χ1) is 9.25. The fraction of sp³-hybridized carbons (Fsp3) is 0.0714. The molecule has 0 atom stereocenters. The second-order valence-electron chi connectivity index (χ2n) is 4.20. The molecule has 1 aliphatic heterocycles. The molecule has 3 rings (SSSR count). The molecule has 2 aromatic rings. The van der Waals surface area contributed by atoms with E-state index >= 15 is 0 Å². The van der Waals surface area contributed by atoms with Gasteiger partial charge in [-0.2, -0.15) is 0 Å². The van der Waals surface area contributed by atoms with E-state index in [-0.39, 0.29) is 10.6 Å². The molecule has 0 fully saturated rings. The third-order valence-electron chi connectivity index (χ3n) is 3.01. The summed E-state index contributed by atoms with van der Waals surface area (Å²) in [6.07, 6.45) is 1.89. The summed E-state index contributed by atoms with van der Waals surface area (Å²) < 4.78 is 0. The maximum atomic E-state index is 11.0. The van der Waals surface area contributed by atoms with E-state index in [1.807, 2.05) is 30.5 Å². The molecular formula is C14H11N3O2. The van der Waals surface area contributed by atoms with Gasteiger partial charge in [-0.25, -0.2) is 0 Å². The number of benzene rings is 2. The fourth-order valence-electron chi connectivity index (χ4n) is 2.11. The van der Waals surface area contributed by atoms with E-state index in [0.29, 0.717) is 12.4 Å². The van der Waals surface area contributed by atoms with Gasteiger partial charge in [-0.3, -0.25) is 15.1 Å². The molecule has 0 amide bonds. The Hall–Kier alpha value is -2.69.